The second-order valence-electron chi connectivity index (χ2n) is 5.63. The lowest BCUT2D eigenvalue weighted by atomic mass is 10.2. The van der Waals surface area contributed by atoms with E-state index in [4.69, 9.17) is 9.47 Å². The third-order valence-corrected chi connectivity index (χ3v) is 2.75. The van der Waals surface area contributed by atoms with Gasteiger partial charge < -0.3 is 14.4 Å². The van der Waals surface area contributed by atoms with Gasteiger partial charge in [0.05, 0.1) is 25.1 Å². The fourth-order valence-electron chi connectivity index (χ4n) is 1.88. The predicted octanol–water partition coefficient (Wildman–Crippen LogP) is 2.27. The molecule has 1 aromatic rings. The van der Waals surface area contributed by atoms with E-state index in [0.717, 1.165) is 32.0 Å². The molecule has 6 nitrogen and oxygen atoms in total. The number of pyridine rings is 1. The van der Waals surface area contributed by atoms with Crippen LogP contribution in [0.2, 0.25) is 0 Å². The first-order chi connectivity index (χ1) is 9.44. The molecule has 1 aromatic heterocycles. The van der Waals surface area contributed by atoms with Gasteiger partial charge in [0.15, 0.2) is 0 Å². The van der Waals surface area contributed by atoms with E-state index in [1.165, 1.54) is 0 Å². The number of hydrogen-bond acceptors (Lipinski definition) is 5. The second kappa shape index (κ2) is 6.09. The summed E-state index contributed by atoms with van der Waals surface area (Å²) in [6.45, 7) is 8.65. The summed E-state index contributed by atoms with van der Waals surface area (Å²) in [5.74, 6) is 0.483. The maximum Gasteiger partial charge on any atom is 0.413 e. The van der Waals surface area contributed by atoms with Crippen molar-refractivity contribution in [3.05, 3.63) is 18.3 Å². The Bertz CT molecular complexity index is 448. The largest absolute Gasteiger partial charge is 0.444 e. The Hall–Kier alpha value is -1.82. The fourth-order valence-corrected chi connectivity index (χ4v) is 1.88. The number of rotatable bonds is 2. The van der Waals surface area contributed by atoms with E-state index < -0.39 is 11.7 Å². The van der Waals surface area contributed by atoms with E-state index in [2.05, 4.69) is 15.2 Å². The summed E-state index contributed by atoms with van der Waals surface area (Å²) in [6.07, 6.45) is 1.25. The van der Waals surface area contributed by atoms with Gasteiger partial charge in [0.1, 0.15) is 11.4 Å². The molecular weight excluding hydrogens is 258 g/mol. The second-order valence-corrected chi connectivity index (χ2v) is 5.63. The Balaban J connectivity index is 1.92. The van der Waals surface area contributed by atoms with Gasteiger partial charge in [-0.15, -0.1) is 0 Å². The van der Waals surface area contributed by atoms with Crippen LogP contribution in [0.5, 0.6) is 0 Å². The standard InChI is InChI=1S/C14H21N3O3/c1-14(2,3)20-13(18)16-12-5-4-11(10-15-12)17-6-8-19-9-7-17/h4-5,10H,6-9H2,1-3H3,(H,15,16,18). The van der Waals surface area contributed by atoms with Gasteiger partial charge in [0.25, 0.3) is 0 Å². The highest BCUT2D eigenvalue weighted by Crippen LogP contribution is 2.17. The van der Waals surface area contributed by atoms with Gasteiger partial charge in [-0.1, -0.05) is 0 Å². The van der Waals surface area contributed by atoms with Gasteiger partial charge in [-0.3, -0.25) is 5.32 Å². The van der Waals surface area contributed by atoms with E-state index in [1.807, 2.05) is 26.8 Å². The summed E-state index contributed by atoms with van der Waals surface area (Å²) in [6, 6.07) is 3.71. The van der Waals surface area contributed by atoms with Crippen molar-refractivity contribution in [3.63, 3.8) is 0 Å². The zero-order valence-corrected chi connectivity index (χ0v) is 12.2. The zero-order valence-electron chi connectivity index (χ0n) is 12.2. The molecule has 1 aliphatic rings. The van der Waals surface area contributed by atoms with Crippen LogP contribution in [0.4, 0.5) is 16.3 Å². The molecule has 1 amide bonds. The first kappa shape index (κ1) is 14.6. The molecule has 0 bridgehead atoms. The number of nitrogens with zero attached hydrogens (tertiary/aromatic N) is 2. The summed E-state index contributed by atoms with van der Waals surface area (Å²) in [7, 11) is 0. The van der Waals surface area contributed by atoms with E-state index in [9.17, 15) is 4.79 Å². The Morgan fingerprint density at radius 2 is 2.05 bits per heavy atom. The molecule has 1 aliphatic heterocycles. The molecule has 0 aliphatic carbocycles. The van der Waals surface area contributed by atoms with Gasteiger partial charge in [0, 0.05) is 13.1 Å². The summed E-state index contributed by atoms with van der Waals surface area (Å²) < 4.78 is 10.5. The first-order valence-corrected chi connectivity index (χ1v) is 6.73. The molecule has 1 fully saturated rings. The third-order valence-electron chi connectivity index (χ3n) is 2.75. The minimum atomic E-state index is -0.516. The maximum absolute atomic E-state index is 11.6. The number of amides is 1. The van der Waals surface area contributed by atoms with Gasteiger partial charge in [0.2, 0.25) is 0 Å². The highest BCUT2D eigenvalue weighted by molar-refractivity contribution is 5.83. The van der Waals surface area contributed by atoms with Gasteiger partial charge in [-0.05, 0) is 32.9 Å². The average Bonchev–Trinajstić information content (AvgIpc) is 2.38. The maximum atomic E-state index is 11.6. The number of ether oxygens (including phenoxy) is 2. The molecule has 2 heterocycles. The number of hydrogen-bond donors (Lipinski definition) is 1. The van der Waals surface area contributed by atoms with E-state index in [0.29, 0.717) is 5.82 Å². The lowest BCUT2D eigenvalue weighted by molar-refractivity contribution is 0.0635. The lowest BCUT2D eigenvalue weighted by Gasteiger charge is -2.28. The van der Waals surface area contributed by atoms with Crippen LogP contribution < -0.4 is 10.2 Å². The van der Waals surface area contributed by atoms with E-state index in [1.54, 1.807) is 12.3 Å². The molecule has 0 saturated carbocycles. The molecule has 6 heteroatoms. The normalized spacial score (nSPS) is 15.8. The SMILES string of the molecule is CC(C)(C)OC(=O)Nc1ccc(N2CCOCC2)cn1. The van der Waals surface area contributed by atoms with Crippen molar-refractivity contribution in [2.24, 2.45) is 0 Å². The van der Waals surface area contributed by atoms with Crippen molar-refractivity contribution in [2.75, 3.05) is 36.5 Å². The summed E-state index contributed by atoms with van der Waals surface area (Å²) in [5.41, 5.74) is 0.515. The van der Waals surface area contributed by atoms with Crippen molar-refractivity contribution >= 4 is 17.6 Å². The molecule has 2 rings (SSSR count). The predicted molar refractivity (Wildman–Crippen MR) is 77.1 cm³/mol. The first-order valence-electron chi connectivity index (χ1n) is 6.73. The Labute approximate surface area is 119 Å². The third kappa shape index (κ3) is 4.38. The van der Waals surface area contributed by atoms with Crippen molar-refractivity contribution in [2.45, 2.75) is 26.4 Å². The van der Waals surface area contributed by atoms with Crippen LogP contribution in [0.3, 0.4) is 0 Å². The molecule has 110 valence electrons. The number of morpholine rings is 1. The molecular formula is C14H21N3O3. The van der Waals surface area contributed by atoms with Gasteiger partial charge in [-0.2, -0.15) is 0 Å². The number of carbonyl (C=O) groups excluding carboxylic acids is 1. The van der Waals surface area contributed by atoms with Crippen molar-refractivity contribution in [1.29, 1.82) is 0 Å². The van der Waals surface area contributed by atoms with Crippen LogP contribution in [0.15, 0.2) is 18.3 Å². The summed E-state index contributed by atoms with van der Waals surface area (Å²) in [5, 5.41) is 2.61. The van der Waals surface area contributed by atoms with Gasteiger partial charge >= 0.3 is 6.09 Å². The molecule has 1 saturated heterocycles. The van der Waals surface area contributed by atoms with Crippen LogP contribution in [-0.2, 0) is 9.47 Å². The van der Waals surface area contributed by atoms with Crippen molar-refractivity contribution < 1.29 is 14.3 Å². The topological polar surface area (TPSA) is 63.7 Å². The highest BCUT2D eigenvalue weighted by atomic mass is 16.6. The molecule has 0 aromatic carbocycles. The quantitative estimate of drug-likeness (QED) is 0.899. The average molecular weight is 279 g/mol. The number of anilines is 2. The fraction of sp³-hybridized carbons (Fsp3) is 0.571. The minimum Gasteiger partial charge on any atom is -0.444 e. The van der Waals surface area contributed by atoms with Gasteiger partial charge in [-0.25, -0.2) is 9.78 Å². The lowest BCUT2D eigenvalue weighted by Crippen LogP contribution is -2.36. The molecule has 1 N–H and O–H groups in total. The van der Waals surface area contributed by atoms with Crippen LogP contribution >= 0.6 is 0 Å². The number of nitrogens with one attached hydrogen (secondary N) is 1. The Morgan fingerprint density at radius 1 is 1.35 bits per heavy atom. The molecule has 0 unspecified atom stereocenters. The summed E-state index contributed by atoms with van der Waals surface area (Å²) >= 11 is 0. The van der Waals surface area contributed by atoms with Crippen molar-refractivity contribution in [3.8, 4) is 0 Å². The van der Waals surface area contributed by atoms with Crippen LogP contribution in [0, 0.1) is 0 Å². The molecule has 0 radical (unpaired) electrons. The van der Waals surface area contributed by atoms with Crippen LogP contribution in [0.1, 0.15) is 20.8 Å². The summed E-state index contributed by atoms with van der Waals surface area (Å²) in [4.78, 5) is 18.0. The van der Waals surface area contributed by atoms with E-state index >= 15 is 0 Å². The minimum absolute atomic E-state index is 0.483. The Morgan fingerprint density at radius 3 is 2.60 bits per heavy atom. The Kier molecular flexibility index (Phi) is 4.44. The van der Waals surface area contributed by atoms with Crippen LogP contribution in [0.25, 0.3) is 0 Å². The number of carbonyl (C=O) groups is 1. The highest BCUT2D eigenvalue weighted by Gasteiger charge is 2.17. The van der Waals surface area contributed by atoms with E-state index in [-0.39, 0.29) is 0 Å². The monoisotopic (exact) mass is 279 g/mol. The van der Waals surface area contributed by atoms with Crippen LogP contribution in [-0.4, -0.2) is 43.0 Å². The molecule has 20 heavy (non-hydrogen) atoms. The van der Waals surface area contributed by atoms with Crippen molar-refractivity contribution in [1.82, 2.24) is 4.98 Å². The number of aromatic nitrogens is 1. The molecule has 0 atom stereocenters. The zero-order chi connectivity index (χ0) is 14.6. The molecule has 0 spiro atoms. The smallest absolute Gasteiger partial charge is 0.413 e.